The molecule has 0 N–H and O–H groups in total. The Balaban J connectivity index is 1.50. The van der Waals surface area contributed by atoms with Gasteiger partial charge in [0.1, 0.15) is 11.9 Å². The van der Waals surface area contributed by atoms with Crippen molar-refractivity contribution in [2.45, 2.75) is 43.3 Å². The van der Waals surface area contributed by atoms with E-state index < -0.39 is 6.43 Å². The average molecular weight is 760 g/mol. The summed E-state index contributed by atoms with van der Waals surface area (Å²) >= 11 is 10.6. The number of quaternary nitrogens is 1. The normalized spacial score (nSPS) is 25.0. The molecule has 2 aromatic carbocycles. The van der Waals surface area contributed by atoms with Gasteiger partial charge in [0.15, 0.2) is 5.69 Å². The van der Waals surface area contributed by atoms with E-state index in [1.165, 1.54) is 18.0 Å². The zero-order chi connectivity index (χ0) is 36.6. The van der Waals surface area contributed by atoms with E-state index in [1.807, 2.05) is 59.1 Å². The number of aliphatic imine (C=N–C) groups is 1. The van der Waals surface area contributed by atoms with Crippen LogP contribution in [0.2, 0.25) is 5.02 Å². The molecule has 10 nitrogen and oxygen atoms in total. The zero-order valence-electron chi connectivity index (χ0n) is 29.8. The number of hydrogen-bond donors (Lipinski definition) is 0. The number of benzene rings is 2. The molecule has 3 aliphatic heterocycles. The van der Waals surface area contributed by atoms with Crippen molar-refractivity contribution in [3.05, 3.63) is 53.7 Å². The van der Waals surface area contributed by atoms with Crippen molar-refractivity contribution in [1.29, 1.82) is 0 Å². The van der Waals surface area contributed by atoms with Crippen LogP contribution in [-0.2, 0) is 16.6 Å². The maximum Gasteiger partial charge on any atom is 0.318 e. The Bertz CT molecular complexity index is 1830. The highest BCUT2D eigenvalue weighted by Crippen LogP contribution is 2.55. The highest BCUT2D eigenvalue weighted by atomic mass is 35.5. The predicted octanol–water partition coefficient (Wildman–Crippen LogP) is 5.48. The Morgan fingerprint density at radius 2 is 1.86 bits per heavy atom. The van der Waals surface area contributed by atoms with Crippen LogP contribution in [0.4, 0.5) is 14.5 Å². The topological polar surface area (TPSA) is 77.3 Å². The molecular weight excluding hydrogens is 714 g/mol. The minimum atomic E-state index is -2.36. The molecule has 3 aromatic rings. The quantitative estimate of drug-likeness (QED) is 0.0710. The summed E-state index contributed by atoms with van der Waals surface area (Å²) in [7, 11) is 3.68. The van der Waals surface area contributed by atoms with Gasteiger partial charge in [-0.2, -0.15) is 8.99 Å². The Morgan fingerprint density at radius 3 is 2.51 bits per heavy atom. The SMILES string of the molecule is C=CC(=O)N1CC(C)N(C(=NC)c2cc(Cl)c(-c3cccc4cnn(C)c34)c3c2[N+](C=O)(SC)C(CN2CCN(CC(F)F)CC2)CS3)C[C@H]1C. The molecule has 4 heterocycles. The molecule has 0 radical (unpaired) electrons. The third-order valence-electron chi connectivity index (χ3n) is 10.5. The monoisotopic (exact) mass is 759 g/mol. The van der Waals surface area contributed by atoms with Gasteiger partial charge in [0.05, 0.1) is 58.0 Å². The van der Waals surface area contributed by atoms with Crippen LogP contribution < -0.4 is 3.89 Å². The lowest BCUT2D eigenvalue weighted by Gasteiger charge is -2.47. The van der Waals surface area contributed by atoms with E-state index in [1.54, 1.807) is 18.8 Å². The van der Waals surface area contributed by atoms with Gasteiger partial charge >= 0.3 is 6.41 Å². The number of alkyl halides is 2. The minimum Gasteiger partial charge on any atom is -0.350 e. The molecule has 0 spiro atoms. The Labute approximate surface area is 312 Å². The molecule has 3 unspecified atom stereocenters. The molecule has 6 rings (SSSR count). The molecule has 274 valence electrons. The van der Waals surface area contributed by atoms with Gasteiger partial charge in [-0.3, -0.25) is 24.3 Å². The number of para-hydroxylation sites is 1. The number of carbonyl (C=O) groups excluding carboxylic acids is 2. The maximum atomic E-state index is 13.8. The first-order valence-electron chi connectivity index (χ1n) is 17.2. The number of rotatable bonds is 9. The number of aromatic nitrogens is 2. The van der Waals surface area contributed by atoms with Crippen molar-refractivity contribution >= 4 is 70.1 Å². The minimum absolute atomic E-state index is 0.0156. The van der Waals surface area contributed by atoms with E-state index in [0.29, 0.717) is 62.4 Å². The highest BCUT2D eigenvalue weighted by Gasteiger charge is 2.51. The van der Waals surface area contributed by atoms with Crippen LogP contribution >= 0.6 is 35.3 Å². The Hall–Kier alpha value is -3.01. The molecule has 0 saturated carbocycles. The lowest BCUT2D eigenvalue weighted by atomic mass is 9.96. The molecule has 2 saturated heterocycles. The third-order valence-corrected chi connectivity index (χ3v) is 13.2. The molecule has 15 heteroatoms. The van der Waals surface area contributed by atoms with Crippen molar-refractivity contribution in [3.63, 3.8) is 0 Å². The fourth-order valence-electron chi connectivity index (χ4n) is 7.93. The molecule has 0 aliphatic carbocycles. The van der Waals surface area contributed by atoms with Crippen molar-refractivity contribution < 1.29 is 18.4 Å². The van der Waals surface area contributed by atoms with Gasteiger partial charge in [0.2, 0.25) is 5.91 Å². The van der Waals surface area contributed by atoms with Gasteiger partial charge in [-0.25, -0.2) is 13.6 Å². The van der Waals surface area contributed by atoms with Crippen LogP contribution in [0.3, 0.4) is 0 Å². The predicted molar refractivity (Wildman–Crippen MR) is 206 cm³/mol. The van der Waals surface area contributed by atoms with Gasteiger partial charge in [0.25, 0.3) is 6.43 Å². The summed E-state index contributed by atoms with van der Waals surface area (Å²) in [5.74, 6) is 1.25. The van der Waals surface area contributed by atoms with Crippen LogP contribution in [0.25, 0.3) is 22.0 Å². The van der Waals surface area contributed by atoms with Crippen LogP contribution in [0, 0.1) is 0 Å². The van der Waals surface area contributed by atoms with E-state index >= 15 is 0 Å². The average Bonchev–Trinajstić information content (AvgIpc) is 3.51. The van der Waals surface area contributed by atoms with Gasteiger partial charge in [-0.15, -0.1) is 11.8 Å². The number of piperazine rings is 2. The summed E-state index contributed by atoms with van der Waals surface area (Å²) in [4.78, 5) is 40.5. The number of hydrogen-bond acceptors (Lipinski definition) is 8. The molecular formula is C36H46ClF2N8O2S2+. The Morgan fingerprint density at radius 1 is 1.18 bits per heavy atom. The lowest BCUT2D eigenvalue weighted by molar-refractivity contribution is -0.130. The summed E-state index contributed by atoms with van der Waals surface area (Å²) in [6.45, 7) is 11.7. The first kappa shape index (κ1) is 37.7. The summed E-state index contributed by atoms with van der Waals surface area (Å²) in [6.07, 6.45) is 3.85. The molecule has 2 amide bonds. The first-order valence-corrected chi connectivity index (χ1v) is 19.7. The maximum absolute atomic E-state index is 13.8. The van der Waals surface area contributed by atoms with Gasteiger partial charge in [-0.05, 0) is 26.0 Å². The number of fused-ring (bicyclic) bond motifs is 2. The highest BCUT2D eigenvalue weighted by molar-refractivity contribution is 8.01. The number of amidine groups is 1. The summed E-state index contributed by atoms with van der Waals surface area (Å²) < 4.78 is 28.1. The third kappa shape index (κ3) is 6.95. The smallest absolute Gasteiger partial charge is 0.318 e. The number of amides is 2. The lowest BCUT2D eigenvalue weighted by Crippen LogP contribution is -2.61. The number of thioether (sulfide) groups is 1. The summed E-state index contributed by atoms with van der Waals surface area (Å²) in [6, 6.07) is 7.72. The van der Waals surface area contributed by atoms with E-state index in [-0.39, 0.29) is 34.5 Å². The second-order valence-electron chi connectivity index (χ2n) is 13.5. The van der Waals surface area contributed by atoms with Crippen LogP contribution in [0.1, 0.15) is 19.4 Å². The summed E-state index contributed by atoms with van der Waals surface area (Å²) in [5, 5.41) is 6.07. The van der Waals surface area contributed by atoms with E-state index in [9.17, 15) is 18.4 Å². The standard InChI is InChI=1S/C36H46ClF2N8O2S2/c1-7-31(49)45-17-24(3)46(18-23(45)2)36(40-4)28-15-29(37)32(27-10-8-9-25-16-41-42(5)33(25)27)35-34(28)47(22-48,50-6)26(21-51-35)19-43-11-13-44(14-12-43)20-30(38)39/h7-10,15-16,22-24,26,30H,1,11-14,17-21H2,2-6H3/q+1/t23-,24?,26?,47?/m1/s1. The van der Waals surface area contributed by atoms with Crippen molar-refractivity contribution in [2.24, 2.45) is 12.0 Å². The van der Waals surface area contributed by atoms with Crippen LogP contribution in [-0.4, -0.2) is 143 Å². The number of nitrogens with zero attached hydrogens (tertiary/aromatic N) is 8. The largest absolute Gasteiger partial charge is 0.350 e. The first-order chi connectivity index (χ1) is 24.5. The fourth-order valence-corrected chi connectivity index (χ4v) is 10.8. The second kappa shape index (κ2) is 15.5. The summed E-state index contributed by atoms with van der Waals surface area (Å²) in [5.41, 5.74) is 4.34. The molecule has 0 bridgehead atoms. The van der Waals surface area contributed by atoms with E-state index in [4.69, 9.17) is 16.6 Å². The number of halogens is 3. The van der Waals surface area contributed by atoms with Gasteiger partial charge < -0.3 is 9.80 Å². The van der Waals surface area contributed by atoms with Crippen molar-refractivity contribution in [1.82, 2.24) is 33.3 Å². The van der Waals surface area contributed by atoms with Gasteiger partial charge in [0, 0.05) is 88.2 Å². The molecule has 51 heavy (non-hydrogen) atoms. The second-order valence-corrected chi connectivity index (χ2v) is 15.9. The molecule has 1 aromatic heterocycles. The molecule has 2 fully saturated rings. The fraction of sp³-hybridized carbons (Fsp3) is 0.500. The van der Waals surface area contributed by atoms with E-state index in [0.717, 1.165) is 44.6 Å². The van der Waals surface area contributed by atoms with E-state index in [2.05, 4.69) is 34.5 Å². The van der Waals surface area contributed by atoms with Crippen LogP contribution in [0.15, 0.2) is 53.0 Å². The molecule has 4 atom stereocenters. The zero-order valence-corrected chi connectivity index (χ0v) is 32.2. The number of carbonyl (C=O) groups is 2. The van der Waals surface area contributed by atoms with Crippen molar-refractivity contribution in [2.75, 3.05) is 71.4 Å². The number of aryl methyl sites for hydroxylation is 1. The van der Waals surface area contributed by atoms with Gasteiger partial charge in [-0.1, -0.05) is 36.4 Å². The van der Waals surface area contributed by atoms with Crippen LogP contribution in [0.5, 0.6) is 0 Å². The molecule has 3 aliphatic rings. The Kier molecular flexibility index (Phi) is 11.5. The van der Waals surface area contributed by atoms with Crippen molar-refractivity contribution in [3.8, 4) is 11.1 Å².